The van der Waals surface area contributed by atoms with Gasteiger partial charge in [-0.2, -0.15) is 0 Å². The molecule has 0 spiro atoms. The van der Waals surface area contributed by atoms with E-state index in [1.807, 2.05) is 54.6 Å². The van der Waals surface area contributed by atoms with Gasteiger partial charge >= 0.3 is 0 Å². The van der Waals surface area contributed by atoms with Gasteiger partial charge < -0.3 is 15.4 Å². The minimum absolute atomic E-state index is 0.0287. The molecule has 122 valence electrons. The van der Waals surface area contributed by atoms with E-state index < -0.39 is 0 Å². The van der Waals surface area contributed by atoms with Gasteiger partial charge in [-0.1, -0.05) is 43.7 Å². The molecule has 0 bridgehead atoms. The Bertz CT molecular complexity index is 582. The molecule has 0 radical (unpaired) electrons. The van der Waals surface area contributed by atoms with Crippen LogP contribution in [0.15, 0.2) is 54.6 Å². The fraction of sp³-hybridized carbons (Fsp3) is 0.316. The fourth-order valence-electron chi connectivity index (χ4n) is 2.08. The minimum atomic E-state index is -0.0287. The molecule has 2 rings (SSSR count). The molecule has 0 atom stereocenters. The van der Waals surface area contributed by atoms with E-state index in [9.17, 15) is 4.79 Å². The molecule has 0 saturated heterocycles. The zero-order valence-electron chi connectivity index (χ0n) is 13.5. The summed E-state index contributed by atoms with van der Waals surface area (Å²) in [6.45, 7) is 3.87. The number of hydrogen-bond acceptors (Lipinski definition) is 3. The van der Waals surface area contributed by atoms with E-state index in [2.05, 4.69) is 17.6 Å². The summed E-state index contributed by atoms with van der Waals surface area (Å²) >= 11 is 0. The number of hydrogen-bond donors (Lipinski definition) is 2. The van der Waals surface area contributed by atoms with Crippen molar-refractivity contribution in [2.75, 3.05) is 18.4 Å². The van der Waals surface area contributed by atoms with Gasteiger partial charge in [-0.3, -0.25) is 4.79 Å². The Morgan fingerprint density at radius 2 is 1.78 bits per heavy atom. The fourth-order valence-corrected chi connectivity index (χ4v) is 2.08. The van der Waals surface area contributed by atoms with E-state index >= 15 is 0 Å². The molecular formula is C19H24N2O2. The number of nitrogens with one attached hydrogen (secondary N) is 2. The maximum atomic E-state index is 11.8. The number of carbonyl (C=O) groups excluding carboxylic acids is 1. The smallest absolute Gasteiger partial charge is 0.238 e. The van der Waals surface area contributed by atoms with E-state index in [1.54, 1.807) is 0 Å². The zero-order valence-corrected chi connectivity index (χ0v) is 13.5. The first-order valence-electron chi connectivity index (χ1n) is 8.05. The third-order valence-corrected chi connectivity index (χ3v) is 3.38. The van der Waals surface area contributed by atoms with Crippen molar-refractivity contribution in [1.82, 2.24) is 5.32 Å². The van der Waals surface area contributed by atoms with Gasteiger partial charge in [0.15, 0.2) is 0 Å². The summed E-state index contributed by atoms with van der Waals surface area (Å²) in [6, 6.07) is 17.5. The van der Waals surface area contributed by atoms with E-state index in [4.69, 9.17) is 4.74 Å². The standard InChI is InChI=1S/C19H24N2O2/c1-2-3-13-20-14-19(22)21-17-9-11-18(12-10-17)23-15-16-7-5-4-6-8-16/h4-12,20H,2-3,13-15H2,1H3,(H,21,22). The minimum Gasteiger partial charge on any atom is -0.489 e. The third-order valence-electron chi connectivity index (χ3n) is 3.38. The second kappa shape index (κ2) is 9.64. The van der Waals surface area contributed by atoms with Crippen LogP contribution in [0.1, 0.15) is 25.3 Å². The Kier molecular flexibility index (Phi) is 7.14. The molecule has 2 N–H and O–H groups in total. The van der Waals surface area contributed by atoms with Crippen LogP contribution in [0, 0.1) is 0 Å². The van der Waals surface area contributed by atoms with Crippen molar-refractivity contribution in [2.24, 2.45) is 0 Å². The number of carbonyl (C=O) groups is 1. The van der Waals surface area contributed by atoms with Gasteiger partial charge in [-0.15, -0.1) is 0 Å². The molecule has 1 amide bonds. The Hall–Kier alpha value is -2.33. The highest BCUT2D eigenvalue weighted by Crippen LogP contribution is 2.17. The van der Waals surface area contributed by atoms with Crippen LogP contribution < -0.4 is 15.4 Å². The highest BCUT2D eigenvalue weighted by atomic mass is 16.5. The number of amides is 1. The molecule has 0 aliphatic rings. The first-order chi connectivity index (χ1) is 11.3. The van der Waals surface area contributed by atoms with Crippen molar-refractivity contribution >= 4 is 11.6 Å². The lowest BCUT2D eigenvalue weighted by atomic mass is 10.2. The first kappa shape index (κ1) is 17.0. The molecule has 0 saturated carbocycles. The molecule has 0 aromatic heterocycles. The summed E-state index contributed by atoms with van der Waals surface area (Å²) in [5.41, 5.74) is 1.90. The summed E-state index contributed by atoms with van der Waals surface area (Å²) in [5.74, 6) is 0.756. The summed E-state index contributed by atoms with van der Waals surface area (Å²) < 4.78 is 5.72. The van der Waals surface area contributed by atoms with Crippen LogP contribution >= 0.6 is 0 Å². The molecule has 23 heavy (non-hydrogen) atoms. The van der Waals surface area contributed by atoms with Gasteiger partial charge in [-0.05, 0) is 42.8 Å². The lowest BCUT2D eigenvalue weighted by molar-refractivity contribution is -0.115. The highest BCUT2D eigenvalue weighted by molar-refractivity contribution is 5.92. The normalized spacial score (nSPS) is 10.3. The highest BCUT2D eigenvalue weighted by Gasteiger charge is 2.02. The van der Waals surface area contributed by atoms with Crippen molar-refractivity contribution in [2.45, 2.75) is 26.4 Å². The van der Waals surface area contributed by atoms with Crippen LogP contribution in [0.3, 0.4) is 0 Å². The average molecular weight is 312 g/mol. The van der Waals surface area contributed by atoms with E-state index in [0.717, 1.165) is 36.4 Å². The first-order valence-corrected chi connectivity index (χ1v) is 8.05. The van der Waals surface area contributed by atoms with Crippen LogP contribution in [0.2, 0.25) is 0 Å². The number of ether oxygens (including phenoxy) is 1. The van der Waals surface area contributed by atoms with Crippen molar-refractivity contribution in [3.05, 3.63) is 60.2 Å². The van der Waals surface area contributed by atoms with Crippen LogP contribution in [0.5, 0.6) is 5.75 Å². The Balaban J connectivity index is 1.74. The van der Waals surface area contributed by atoms with Crippen LogP contribution in [0.25, 0.3) is 0 Å². The van der Waals surface area contributed by atoms with Crippen molar-refractivity contribution in [3.8, 4) is 5.75 Å². The van der Waals surface area contributed by atoms with Crippen molar-refractivity contribution < 1.29 is 9.53 Å². The second-order valence-corrected chi connectivity index (χ2v) is 5.38. The predicted molar refractivity (Wildman–Crippen MR) is 93.6 cm³/mol. The SMILES string of the molecule is CCCCNCC(=O)Nc1ccc(OCc2ccccc2)cc1. The Morgan fingerprint density at radius 1 is 1.04 bits per heavy atom. The predicted octanol–water partition coefficient (Wildman–Crippen LogP) is 3.59. The largest absolute Gasteiger partial charge is 0.489 e. The third kappa shape index (κ3) is 6.53. The summed E-state index contributed by atoms with van der Waals surface area (Å²) in [7, 11) is 0. The molecule has 2 aromatic rings. The molecule has 4 nitrogen and oxygen atoms in total. The number of anilines is 1. The molecule has 4 heteroatoms. The summed E-state index contributed by atoms with van der Waals surface area (Å²) in [4.78, 5) is 11.8. The zero-order chi connectivity index (χ0) is 16.3. The molecule has 0 aliphatic carbocycles. The lowest BCUT2D eigenvalue weighted by Gasteiger charge is -2.09. The van der Waals surface area contributed by atoms with E-state index in [0.29, 0.717) is 13.2 Å². The van der Waals surface area contributed by atoms with Gasteiger partial charge in [0.1, 0.15) is 12.4 Å². The van der Waals surface area contributed by atoms with E-state index in [1.165, 1.54) is 0 Å². The quantitative estimate of drug-likeness (QED) is 0.696. The van der Waals surface area contributed by atoms with Crippen LogP contribution in [-0.4, -0.2) is 19.0 Å². The number of rotatable bonds is 9. The van der Waals surface area contributed by atoms with Gasteiger partial charge in [0.25, 0.3) is 0 Å². The summed E-state index contributed by atoms with van der Waals surface area (Å²) in [6.07, 6.45) is 2.21. The monoisotopic (exact) mass is 312 g/mol. The Labute approximate surface area is 137 Å². The molecular weight excluding hydrogens is 288 g/mol. The van der Waals surface area contributed by atoms with Gasteiger partial charge in [0.05, 0.1) is 6.54 Å². The second-order valence-electron chi connectivity index (χ2n) is 5.38. The Morgan fingerprint density at radius 3 is 2.48 bits per heavy atom. The van der Waals surface area contributed by atoms with Crippen molar-refractivity contribution in [3.63, 3.8) is 0 Å². The average Bonchev–Trinajstić information content (AvgIpc) is 2.59. The summed E-state index contributed by atoms with van der Waals surface area (Å²) in [5, 5.41) is 5.98. The van der Waals surface area contributed by atoms with Crippen molar-refractivity contribution in [1.29, 1.82) is 0 Å². The van der Waals surface area contributed by atoms with Gasteiger partial charge in [-0.25, -0.2) is 0 Å². The molecule has 2 aromatic carbocycles. The maximum Gasteiger partial charge on any atom is 0.238 e. The molecule has 0 heterocycles. The van der Waals surface area contributed by atoms with Crippen LogP contribution in [-0.2, 0) is 11.4 Å². The number of benzene rings is 2. The number of unbranched alkanes of at least 4 members (excludes halogenated alkanes) is 1. The lowest BCUT2D eigenvalue weighted by Crippen LogP contribution is -2.28. The molecule has 0 unspecified atom stereocenters. The van der Waals surface area contributed by atoms with Gasteiger partial charge in [0, 0.05) is 5.69 Å². The topological polar surface area (TPSA) is 50.4 Å². The van der Waals surface area contributed by atoms with E-state index in [-0.39, 0.29) is 5.91 Å². The van der Waals surface area contributed by atoms with Crippen LogP contribution in [0.4, 0.5) is 5.69 Å². The molecule has 0 aliphatic heterocycles. The van der Waals surface area contributed by atoms with Gasteiger partial charge in [0.2, 0.25) is 5.91 Å². The maximum absolute atomic E-state index is 11.8. The molecule has 0 fully saturated rings.